The third kappa shape index (κ3) is 7.48. The largest absolute Gasteiger partial charge is 0.382 e. The van der Waals surface area contributed by atoms with E-state index in [-0.39, 0.29) is 0 Å². The number of rotatable bonds is 11. The molecule has 0 amide bonds. The lowest BCUT2D eigenvalue weighted by Gasteiger charge is -2.19. The van der Waals surface area contributed by atoms with Crippen LogP contribution in [-0.2, 0) is 15.9 Å². The zero-order chi connectivity index (χ0) is 15.5. The van der Waals surface area contributed by atoms with Gasteiger partial charge in [0.05, 0.1) is 23.3 Å². The normalized spacial score (nSPS) is 12.6. The van der Waals surface area contributed by atoms with E-state index in [0.717, 1.165) is 31.4 Å². The van der Waals surface area contributed by atoms with Crippen LogP contribution >= 0.6 is 23.2 Å². The average molecular weight is 334 g/mol. The number of nitrogens with one attached hydrogen (secondary N) is 1. The molecule has 1 aromatic carbocycles. The average Bonchev–Trinajstić information content (AvgIpc) is 2.48. The Bertz CT molecular complexity index is 402. The van der Waals surface area contributed by atoms with Crippen molar-refractivity contribution in [2.75, 3.05) is 33.5 Å². The van der Waals surface area contributed by atoms with Crippen molar-refractivity contribution in [3.63, 3.8) is 0 Å². The van der Waals surface area contributed by atoms with E-state index < -0.39 is 0 Å². The van der Waals surface area contributed by atoms with Gasteiger partial charge in [0, 0.05) is 19.8 Å². The lowest BCUT2D eigenvalue weighted by atomic mass is 10.0. The molecule has 0 aromatic heterocycles. The van der Waals surface area contributed by atoms with Crippen molar-refractivity contribution >= 4 is 23.2 Å². The predicted molar refractivity (Wildman–Crippen MR) is 89.6 cm³/mol. The van der Waals surface area contributed by atoms with E-state index in [0.29, 0.717) is 35.9 Å². The molecular weight excluding hydrogens is 309 g/mol. The molecule has 1 rings (SSSR count). The van der Waals surface area contributed by atoms with Gasteiger partial charge >= 0.3 is 0 Å². The van der Waals surface area contributed by atoms with E-state index in [1.165, 1.54) is 0 Å². The van der Waals surface area contributed by atoms with Gasteiger partial charge in [-0.2, -0.15) is 0 Å². The molecule has 1 unspecified atom stereocenters. The molecule has 0 heterocycles. The minimum atomic E-state index is 0.337. The fourth-order valence-corrected chi connectivity index (χ4v) is 2.46. The summed E-state index contributed by atoms with van der Waals surface area (Å²) in [6, 6.07) is 6.12. The first-order valence-electron chi connectivity index (χ1n) is 7.42. The summed E-state index contributed by atoms with van der Waals surface area (Å²) in [4.78, 5) is 0. The van der Waals surface area contributed by atoms with Gasteiger partial charge in [-0.3, -0.25) is 0 Å². The molecule has 0 fully saturated rings. The molecule has 0 radical (unpaired) electrons. The highest BCUT2D eigenvalue weighted by Gasteiger charge is 2.12. The van der Waals surface area contributed by atoms with Crippen LogP contribution in [0.5, 0.6) is 0 Å². The predicted octanol–water partition coefficient (Wildman–Crippen LogP) is 3.96. The Hall–Kier alpha value is -0.320. The van der Waals surface area contributed by atoms with E-state index in [1.54, 1.807) is 7.11 Å². The summed E-state index contributed by atoms with van der Waals surface area (Å²) in [6.45, 7) is 5.12. The van der Waals surface area contributed by atoms with Crippen molar-refractivity contribution in [3.05, 3.63) is 33.8 Å². The zero-order valence-corrected chi connectivity index (χ0v) is 14.3. The molecule has 0 aliphatic carbocycles. The minimum absolute atomic E-state index is 0.337. The van der Waals surface area contributed by atoms with Crippen molar-refractivity contribution in [2.45, 2.75) is 32.2 Å². The van der Waals surface area contributed by atoms with Crippen LogP contribution in [-0.4, -0.2) is 39.5 Å². The van der Waals surface area contributed by atoms with Crippen LogP contribution in [0.25, 0.3) is 0 Å². The quantitative estimate of drug-likeness (QED) is 0.622. The third-order valence-electron chi connectivity index (χ3n) is 3.22. The molecule has 0 aliphatic rings. The van der Waals surface area contributed by atoms with Gasteiger partial charge < -0.3 is 14.8 Å². The Balaban J connectivity index is 2.50. The number of hydrogen-bond donors (Lipinski definition) is 1. The van der Waals surface area contributed by atoms with Crippen molar-refractivity contribution in [3.8, 4) is 0 Å². The second kappa shape index (κ2) is 11.3. The Morgan fingerprint density at radius 1 is 1.19 bits per heavy atom. The number of methoxy groups -OCH3 is 1. The van der Waals surface area contributed by atoms with Crippen molar-refractivity contribution in [1.82, 2.24) is 5.32 Å². The topological polar surface area (TPSA) is 30.5 Å². The van der Waals surface area contributed by atoms with Gasteiger partial charge in [-0.1, -0.05) is 42.3 Å². The number of benzene rings is 1. The molecule has 0 aliphatic heterocycles. The molecular formula is C16H25Cl2NO2. The summed E-state index contributed by atoms with van der Waals surface area (Å²) in [7, 11) is 1.68. The summed E-state index contributed by atoms with van der Waals surface area (Å²) in [6.07, 6.45) is 2.89. The molecule has 3 nitrogen and oxygen atoms in total. The van der Waals surface area contributed by atoms with E-state index in [9.17, 15) is 0 Å². The molecule has 1 N–H and O–H groups in total. The molecule has 0 spiro atoms. The van der Waals surface area contributed by atoms with Crippen LogP contribution in [0.3, 0.4) is 0 Å². The summed E-state index contributed by atoms with van der Waals surface area (Å²) < 4.78 is 10.5. The highest BCUT2D eigenvalue weighted by molar-refractivity contribution is 6.42. The van der Waals surface area contributed by atoms with Gasteiger partial charge in [-0.15, -0.1) is 0 Å². The second-order valence-corrected chi connectivity index (χ2v) is 5.75. The van der Waals surface area contributed by atoms with Gasteiger partial charge in [0.2, 0.25) is 0 Å². The van der Waals surface area contributed by atoms with Gasteiger partial charge in [-0.05, 0) is 37.4 Å². The molecule has 0 saturated heterocycles. The van der Waals surface area contributed by atoms with E-state index >= 15 is 0 Å². The van der Waals surface area contributed by atoms with Crippen LogP contribution in [0, 0.1) is 0 Å². The molecule has 120 valence electrons. The van der Waals surface area contributed by atoms with E-state index in [4.69, 9.17) is 32.7 Å². The highest BCUT2D eigenvalue weighted by atomic mass is 35.5. The molecule has 0 saturated carbocycles. The van der Waals surface area contributed by atoms with Crippen LogP contribution in [0.15, 0.2) is 18.2 Å². The van der Waals surface area contributed by atoms with Crippen LogP contribution < -0.4 is 5.32 Å². The lowest BCUT2D eigenvalue weighted by molar-refractivity contribution is 0.0658. The number of hydrogen-bond acceptors (Lipinski definition) is 3. The molecule has 1 aromatic rings. The molecule has 1 atom stereocenters. The van der Waals surface area contributed by atoms with Crippen LogP contribution in [0.1, 0.15) is 25.3 Å². The maximum atomic E-state index is 6.27. The third-order valence-corrected chi connectivity index (χ3v) is 4.08. The monoisotopic (exact) mass is 333 g/mol. The Kier molecular flexibility index (Phi) is 10.1. The Morgan fingerprint density at radius 2 is 2.00 bits per heavy atom. The van der Waals surface area contributed by atoms with Crippen LogP contribution in [0.2, 0.25) is 10.0 Å². The summed E-state index contributed by atoms with van der Waals surface area (Å²) in [5.41, 5.74) is 1.08. The minimum Gasteiger partial charge on any atom is -0.382 e. The fraction of sp³-hybridized carbons (Fsp3) is 0.625. The maximum absolute atomic E-state index is 6.27. The zero-order valence-electron chi connectivity index (χ0n) is 12.8. The molecule has 21 heavy (non-hydrogen) atoms. The van der Waals surface area contributed by atoms with Gasteiger partial charge in [0.25, 0.3) is 0 Å². The summed E-state index contributed by atoms with van der Waals surface area (Å²) in [5.74, 6) is 0. The van der Waals surface area contributed by atoms with Gasteiger partial charge in [0.15, 0.2) is 0 Å². The van der Waals surface area contributed by atoms with Crippen molar-refractivity contribution < 1.29 is 9.47 Å². The lowest BCUT2D eigenvalue weighted by Crippen LogP contribution is -2.33. The Morgan fingerprint density at radius 3 is 2.71 bits per heavy atom. The summed E-state index contributed by atoms with van der Waals surface area (Å²) >= 11 is 12.3. The van der Waals surface area contributed by atoms with Crippen molar-refractivity contribution in [2.24, 2.45) is 0 Å². The Labute approximate surface area is 137 Å². The smallest absolute Gasteiger partial charge is 0.0700 e. The van der Waals surface area contributed by atoms with E-state index in [2.05, 4.69) is 12.2 Å². The standard InChI is InChI=1S/C16H25Cl2NO2/c1-3-8-19-14(7-9-21-11-10-20-2)12-13-5-4-6-15(17)16(13)18/h4-6,14,19H,3,7-12H2,1-2H3. The fourth-order valence-electron chi connectivity index (χ4n) is 2.07. The molecule has 5 heteroatoms. The first kappa shape index (κ1) is 18.7. The van der Waals surface area contributed by atoms with Crippen molar-refractivity contribution in [1.29, 1.82) is 0 Å². The second-order valence-electron chi connectivity index (χ2n) is 4.96. The molecule has 0 bridgehead atoms. The van der Waals surface area contributed by atoms with Gasteiger partial charge in [-0.25, -0.2) is 0 Å². The van der Waals surface area contributed by atoms with E-state index in [1.807, 2.05) is 18.2 Å². The highest BCUT2D eigenvalue weighted by Crippen LogP contribution is 2.26. The SMILES string of the molecule is CCCNC(CCOCCOC)Cc1cccc(Cl)c1Cl. The van der Waals surface area contributed by atoms with Gasteiger partial charge in [0.1, 0.15) is 0 Å². The summed E-state index contributed by atoms with van der Waals surface area (Å²) in [5, 5.41) is 4.81. The number of ether oxygens (including phenoxy) is 2. The number of halogens is 2. The van der Waals surface area contributed by atoms with Crippen LogP contribution in [0.4, 0.5) is 0 Å². The maximum Gasteiger partial charge on any atom is 0.0700 e. The first-order chi connectivity index (χ1) is 10.2. The first-order valence-corrected chi connectivity index (χ1v) is 8.17.